The van der Waals surface area contributed by atoms with Crippen molar-refractivity contribution in [2.75, 3.05) is 32.9 Å². The smallest absolute Gasteiger partial charge is 0.133 e. The number of benzene rings is 1. The van der Waals surface area contributed by atoms with E-state index >= 15 is 0 Å². The van der Waals surface area contributed by atoms with Crippen molar-refractivity contribution in [3.8, 4) is 5.75 Å². The fourth-order valence-corrected chi connectivity index (χ4v) is 3.09. The van der Waals surface area contributed by atoms with Gasteiger partial charge in [0, 0.05) is 23.6 Å². The summed E-state index contributed by atoms with van der Waals surface area (Å²) < 4.78 is 13.2. The summed E-state index contributed by atoms with van der Waals surface area (Å²) in [6.45, 7) is 6.52. The maximum Gasteiger partial charge on any atom is 0.133 e. The molecule has 0 N–H and O–H groups in total. The van der Waals surface area contributed by atoms with E-state index in [2.05, 4.69) is 43.7 Å². The second-order valence-electron chi connectivity index (χ2n) is 4.38. The molecule has 0 aromatic heterocycles. The Labute approximate surface area is 137 Å². The summed E-state index contributed by atoms with van der Waals surface area (Å²) in [5, 5.41) is 0. The van der Waals surface area contributed by atoms with E-state index < -0.39 is 0 Å². The molecule has 1 aliphatic rings. The minimum absolute atomic E-state index is 0. The predicted molar refractivity (Wildman–Crippen MR) is 86.4 cm³/mol. The monoisotopic (exact) mass is 413 g/mol. The Morgan fingerprint density at radius 2 is 2.00 bits per heavy atom. The zero-order valence-electron chi connectivity index (χ0n) is 10.8. The minimum atomic E-state index is 0. The van der Waals surface area contributed by atoms with Crippen molar-refractivity contribution in [2.24, 2.45) is 0 Å². The fraction of sp³-hybridized carbons (Fsp3) is 0.538. The average Bonchev–Trinajstić information content (AvgIpc) is 2.38. The van der Waals surface area contributed by atoms with E-state index in [0.29, 0.717) is 12.6 Å². The molecule has 1 atom stereocenters. The lowest BCUT2D eigenvalue weighted by molar-refractivity contribution is 0.0105. The quantitative estimate of drug-likeness (QED) is 0.748. The molecule has 1 unspecified atom stereocenters. The number of halogens is 3. The molecule has 1 aliphatic heterocycles. The van der Waals surface area contributed by atoms with Crippen LogP contribution in [0.3, 0.4) is 0 Å². The van der Waals surface area contributed by atoms with E-state index in [1.165, 1.54) is 0 Å². The van der Waals surface area contributed by atoms with E-state index in [0.717, 1.165) is 41.0 Å². The molecule has 1 aromatic carbocycles. The molecular weight excluding hydrogens is 397 g/mol. The highest BCUT2D eigenvalue weighted by atomic mass is 79.9. The molecule has 0 spiro atoms. The third-order valence-electron chi connectivity index (χ3n) is 3.04. The van der Waals surface area contributed by atoms with Gasteiger partial charge in [-0.25, -0.2) is 0 Å². The molecule has 1 saturated heterocycles. The summed E-state index contributed by atoms with van der Waals surface area (Å²) in [7, 11) is 0. The predicted octanol–water partition coefficient (Wildman–Crippen LogP) is 3.73. The molecule has 1 aromatic rings. The minimum Gasteiger partial charge on any atom is -0.491 e. The molecule has 108 valence electrons. The van der Waals surface area contributed by atoms with Gasteiger partial charge in [-0.1, -0.05) is 15.9 Å². The first-order valence-corrected chi connectivity index (χ1v) is 7.65. The van der Waals surface area contributed by atoms with E-state index in [-0.39, 0.29) is 12.4 Å². The van der Waals surface area contributed by atoms with Gasteiger partial charge in [0.1, 0.15) is 12.4 Å². The first-order chi connectivity index (χ1) is 8.66. The Morgan fingerprint density at radius 1 is 1.32 bits per heavy atom. The summed E-state index contributed by atoms with van der Waals surface area (Å²) >= 11 is 6.94. The van der Waals surface area contributed by atoms with E-state index in [4.69, 9.17) is 9.47 Å². The Morgan fingerprint density at radius 3 is 2.63 bits per heavy atom. The topological polar surface area (TPSA) is 21.7 Å². The van der Waals surface area contributed by atoms with Crippen LogP contribution in [0.2, 0.25) is 0 Å². The van der Waals surface area contributed by atoms with Crippen LogP contribution in [-0.4, -0.2) is 43.9 Å². The maximum absolute atomic E-state index is 5.86. The SMILES string of the molecule is CC(COc1ccc(Br)cc1Br)N1CCOCC1.Cl. The molecule has 0 bridgehead atoms. The number of ether oxygens (including phenoxy) is 2. The van der Waals surface area contributed by atoms with Gasteiger partial charge >= 0.3 is 0 Å². The summed E-state index contributed by atoms with van der Waals surface area (Å²) in [6, 6.07) is 6.36. The van der Waals surface area contributed by atoms with Gasteiger partial charge in [-0.05, 0) is 41.1 Å². The largest absolute Gasteiger partial charge is 0.491 e. The van der Waals surface area contributed by atoms with Crippen molar-refractivity contribution in [1.29, 1.82) is 0 Å². The molecule has 0 aliphatic carbocycles. The third-order valence-corrected chi connectivity index (χ3v) is 4.16. The molecule has 6 heteroatoms. The molecule has 19 heavy (non-hydrogen) atoms. The molecule has 1 fully saturated rings. The lowest BCUT2D eigenvalue weighted by Gasteiger charge is -2.32. The van der Waals surface area contributed by atoms with Gasteiger partial charge in [-0.3, -0.25) is 4.90 Å². The standard InChI is InChI=1S/C13H17Br2NO2.ClH/c1-10(16-4-6-17-7-5-16)9-18-13-3-2-11(14)8-12(13)15;/h2-3,8,10H,4-7,9H2,1H3;1H. The second-order valence-corrected chi connectivity index (χ2v) is 6.15. The lowest BCUT2D eigenvalue weighted by Crippen LogP contribution is -2.44. The van der Waals surface area contributed by atoms with Crippen molar-refractivity contribution in [1.82, 2.24) is 4.90 Å². The van der Waals surface area contributed by atoms with Crippen LogP contribution in [0.4, 0.5) is 0 Å². The maximum atomic E-state index is 5.86. The third kappa shape index (κ3) is 5.23. The molecule has 2 rings (SSSR count). The summed E-state index contributed by atoms with van der Waals surface area (Å²) in [5.41, 5.74) is 0. The average molecular weight is 416 g/mol. The van der Waals surface area contributed by atoms with Crippen LogP contribution in [0.1, 0.15) is 6.92 Å². The van der Waals surface area contributed by atoms with Gasteiger partial charge in [-0.2, -0.15) is 0 Å². The van der Waals surface area contributed by atoms with E-state index in [9.17, 15) is 0 Å². The van der Waals surface area contributed by atoms with Gasteiger partial charge in [-0.15, -0.1) is 12.4 Å². The Kier molecular flexibility index (Phi) is 7.69. The molecule has 0 saturated carbocycles. The van der Waals surface area contributed by atoms with Crippen LogP contribution in [-0.2, 0) is 4.74 Å². The zero-order valence-corrected chi connectivity index (χ0v) is 14.8. The highest BCUT2D eigenvalue weighted by Gasteiger charge is 2.17. The number of morpholine rings is 1. The Bertz CT molecular complexity index is 400. The van der Waals surface area contributed by atoms with Crippen LogP contribution < -0.4 is 4.74 Å². The van der Waals surface area contributed by atoms with Gasteiger partial charge in [0.25, 0.3) is 0 Å². The zero-order chi connectivity index (χ0) is 13.0. The van der Waals surface area contributed by atoms with Crippen molar-refractivity contribution < 1.29 is 9.47 Å². The molecule has 0 radical (unpaired) electrons. The van der Waals surface area contributed by atoms with E-state index in [1.807, 2.05) is 18.2 Å². The normalized spacial score (nSPS) is 17.6. The van der Waals surface area contributed by atoms with Gasteiger partial charge < -0.3 is 9.47 Å². The Balaban J connectivity index is 0.00000180. The molecule has 3 nitrogen and oxygen atoms in total. The summed E-state index contributed by atoms with van der Waals surface area (Å²) in [6.07, 6.45) is 0. The first-order valence-electron chi connectivity index (χ1n) is 6.06. The van der Waals surface area contributed by atoms with Crippen molar-refractivity contribution >= 4 is 44.3 Å². The fourth-order valence-electron chi connectivity index (χ4n) is 1.93. The van der Waals surface area contributed by atoms with Gasteiger partial charge in [0.05, 0.1) is 17.7 Å². The van der Waals surface area contributed by atoms with Crippen LogP contribution in [0.5, 0.6) is 5.75 Å². The molecular formula is C13H18Br2ClNO2. The second kappa shape index (κ2) is 8.47. The van der Waals surface area contributed by atoms with Gasteiger partial charge in [0.2, 0.25) is 0 Å². The molecule has 0 amide bonds. The number of rotatable bonds is 4. The highest BCUT2D eigenvalue weighted by molar-refractivity contribution is 9.11. The van der Waals surface area contributed by atoms with Crippen molar-refractivity contribution in [3.05, 3.63) is 27.1 Å². The van der Waals surface area contributed by atoms with Gasteiger partial charge in [0.15, 0.2) is 0 Å². The van der Waals surface area contributed by atoms with E-state index in [1.54, 1.807) is 0 Å². The van der Waals surface area contributed by atoms with Crippen LogP contribution in [0, 0.1) is 0 Å². The van der Waals surface area contributed by atoms with Crippen LogP contribution in [0.15, 0.2) is 27.1 Å². The lowest BCUT2D eigenvalue weighted by atomic mass is 10.2. The Hall–Kier alpha value is 0.190. The first kappa shape index (κ1) is 17.2. The van der Waals surface area contributed by atoms with Crippen molar-refractivity contribution in [2.45, 2.75) is 13.0 Å². The molecule has 1 heterocycles. The number of hydrogen-bond donors (Lipinski definition) is 0. The number of nitrogens with zero attached hydrogens (tertiary/aromatic N) is 1. The summed E-state index contributed by atoms with van der Waals surface area (Å²) in [5.74, 6) is 0.887. The summed E-state index contributed by atoms with van der Waals surface area (Å²) in [4.78, 5) is 2.40. The highest BCUT2D eigenvalue weighted by Crippen LogP contribution is 2.28. The van der Waals surface area contributed by atoms with Crippen molar-refractivity contribution in [3.63, 3.8) is 0 Å². The van der Waals surface area contributed by atoms with Crippen LogP contribution in [0.25, 0.3) is 0 Å². The number of hydrogen-bond acceptors (Lipinski definition) is 3. The van der Waals surface area contributed by atoms with Crippen LogP contribution >= 0.6 is 44.3 Å².